The van der Waals surface area contributed by atoms with Gasteiger partial charge in [0.25, 0.3) is 0 Å². The van der Waals surface area contributed by atoms with E-state index in [1.54, 1.807) is 0 Å². The van der Waals surface area contributed by atoms with Crippen LogP contribution < -0.4 is 11.1 Å². The molecule has 0 spiro atoms. The van der Waals surface area contributed by atoms with Gasteiger partial charge in [0.05, 0.1) is 0 Å². The molecule has 110 valence electrons. The van der Waals surface area contributed by atoms with E-state index in [0.29, 0.717) is 17.4 Å². The van der Waals surface area contributed by atoms with Gasteiger partial charge in [0, 0.05) is 18.0 Å². The summed E-state index contributed by atoms with van der Waals surface area (Å²) < 4.78 is 0. The van der Waals surface area contributed by atoms with E-state index in [4.69, 9.17) is 5.73 Å². The van der Waals surface area contributed by atoms with Crippen molar-refractivity contribution in [2.24, 2.45) is 23.0 Å². The lowest BCUT2D eigenvalue weighted by molar-refractivity contribution is -0.127. The largest absolute Gasteiger partial charge is 0.353 e. The Morgan fingerprint density at radius 1 is 1.26 bits per heavy atom. The molecule has 0 heterocycles. The molecule has 0 saturated heterocycles. The van der Waals surface area contributed by atoms with Gasteiger partial charge in [-0.15, -0.1) is 0 Å². The van der Waals surface area contributed by atoms with Crippen molar-refractivity contribution in [1.82, 2.24) is 5.32 Å². The highest BCUT2D eigenvalue weighted by Gasteiger charge is 2.33. The molecule has 0 aromatic rings. The summed E-state index contributed by atoms with van der Waals surface area (Å²) in [5.74, 6) is 0.982. The fourth-order valence-electron chi connectivity index (χ4n) is 4.01. The number of nitrogens with one attached hydrogen (secondary N) is 1. The zero-order valence-electron chi connectivity index (χ0n) is 12.7. The summed E-state index contributed by atoms with van der Waals surface area (Å²) in [6.07, 6.45) is 7.72. The Labute approximate surface area is 117 Å². The van der Waals surface area contributed by atoms with E-state index >= 15 is 0 Å². The van der Waals surface area contributed by atoms with E-state index in [2.05, 4.69) is 26.1 Å². The molecule has 3 N–H and O–H groups in total. The molecule has 0 bridgehead atoms. The van der Waals surface area contributed by atoms with Gasteiger partial charge >= 0.3 is 0 Å². The van der Waals surface area contributed by atoms with E-state index in [9.17, 15) is 4.79 Å². The van der Waals surface area contributed by atoms with Crippen molar-refractivity contribution in [3.05, 3.63) is 0 Å². The van der Waals surface area contributed by atoms with E-state index in [-0.39, 0.29) is 17.9 Å². The van der Waals surface area contributed by atoms with E-state index < -0.39 is 0 Å². The quantitative estimate of drug-likeness (QED) is 0.807. The average Bonchev–Trinajstić information content (AvgIpc) is 2.26. The number of carbonyl (C=O) groups is 1. The van der Waals surface area contributed by atoms with Crippen molar-refractivity contribution >= 4 is 5.91 Å². The molecule has 3 heteroatoms. The van der Waals surface area contributed by atoms with Crippen molar-refractivity contribution in [3.8, 4) is 0 Å². The van der Waals surface area contributed by atoms with Crippen molar-refractivity contribution in [1.29, 1.82) is 0 Å². The maximum atomic E-state index is 12.4. The van der Waals surface area contributed by atoms with E-state index in [1.807, 2.05) is 0 Å². The number of carbonyl (C=O) groups excluding carboxylic acids is 1. The first-order chi connectivity index (χ1) is 8.85. The molecule has 0 aromatic heterocycles. The Hall–Kier alpha value is -0.570. The minimum Gasteiger partial charge on any atom is -0.353 e. The summed E-state index contributed by atoms with van der Waals surface area (Å²) >= 11 is 0. The molecular formula is C16H30N2O. The van der Waals surface area contributed by atoms with Crippen LogP contribution >= 0.6 is 0 Å². The Morgan fingerprint density at radius 2 is 2.00 bits per heavy atom. The van der Waals surface area contributed by atoms with Crippen LogP contribution in [0.25, 0.3) is 0 Å². The first kappa shape index (κ1) is 14.8. The van der Waals surface area contributed by atoms with Crippen molar-refractivity contribution in [2.75, 3.05) is 0 Å². The van der Waals surface area contributed by atoms with Crippen molar-refractivity contribution in [3.63, 3.8) is 0 Å². The molecule has 19 heavy (non-hydrogen) atoms. The third kappa shape index (κ3) is 4.20. The third-order valence-electron chi connectivity index (χ3n) is 4.90. The van der Waals surface area contributed by atoms with Crippen LogP contribution in [0.5, 0.6) is 0 Å². The van der Waals surface area contributed by atoms with Gasteiger partial charge in [-0.2, -0.15) is 0 Å². The summed E-state index contributed by atoms with van der Waals surface area (Å²) in [6, 6.07) is 0.590. The van der Waals surface area contributed by atoms with Gasteiger partial charge in [-0.3, -0.25) is 4.79 Å². The molecule has 2 saturated carbocycles. The van der Waals surface area contributed by atoms with E-state index in [0.717, 1.165) is 32.1 Å². The van der Waals surface area contributed by atoms with Gasteiger partial charge in [0.1, 0.15) is 0 Å². The Bertz CT molecular complexity index is 317. The van der Waals surface area contributed by atoms with Gasteiger partial charge in [-0.1, -0.05) is 27.2 Å². The summed E-state index contributed by atoms with van der Waals surface area (Å²) in [4.78, 5) is 12.4. The topological polar surface area (TPSA) is 55.1 Å². The third-order valence-corrected chi connectivity index (χ3v) is 4.90. The first-order valence-electron chi connectivity index (χ1n) is 7.92. The summed E-state index contributed by atoms with van der Waals surface area (Å²) in [7, 11) is 0. The van der Waals surface area contributed by atoms with Crippen molar-refractivity contribution < 1.29 is 4.79 Å². The molecule has 2 aliphatic rings. The van der Waals surface area contributed by atoms with E-state index in [1.165, 1.54) is 12.8 Å². The van der Waals surface area contributed by atoms with Crippen LogP contribution in [0.4, 0.5) is 0 Å². The Morgan fingerprint density at radius 3 is 2.63 bits per heavy atom. The Balaban J connectivity index is 1.86. The van der Waals surface area contributed by atoms with Crippen LogP contribution in [0.1, 0.15) is 65.7 Å². The standard InChI is InChI=1S/C16H30N2O/c1-11-7-12(9-13(17)8-11)15(19)18-14-5-4-6-16(2,3)10-14/h11-14H,4-10,17H2,1-3H3,(H,18,19). The molecule has 2 fully saturated rings. The molecule has 0 radical (unpaired) electrons. The van der Waals surface area contributed by atoms with Gasteiger partial charge in [-0.25, -0.2) is 0 Å². The average molecular weight is 266 g/mol. The second-order valence-electron chi connectivity index (χ2n) is 7.74. The highest BCUT2D eigenvalue weighted by Crippen LogP contribution is 2.35. The van der Waals surface area contributed by atoms with Crippen LogP contribution in [0.15, 0.2) is 0 Å². The number of hydrogen-bond donors (Lipinski definition) is 2. The lowest BCUT2D eigenvalue weighted by Crippen LogP contribution is -2.46. The highest BCUT2D eigenvalue weighted by molar-refractivity contribution is 5.79. The van der Waals surface area contributed by atoms with Crippen LogP contribution in [0, 0.1) is 17.3 Å². The zero-order chi connectivity index (χ0) is 14.0. The lowest BCUT2D eigenvalue weighted by Gasteiger charge is -2.37. The molecule has 0 aliphatic heterocycles. The van der Waals surface area contributed by atoms with Gasteiger partial charge in [-0.05, 0) is 49.9 Å². The maximum absolute atomic E-state index is 12.4. The molecule has 2 rings (SSSR count). The summed E-state index contributed by atoms with van der Waals surface area (Å²) in [6.45, 7) is 6.83. The molecule has 1 amide bonds. The predicted octanol–water partition coefficient (Wildman–Crippen LogP) is 2.83. The van der Waals surface area contributed by atoms with Gasteiger partial charge < -0.3 is 11.1 Å². The molecule has 3 nitrogen and oxygen atoms in total. The summed E-state index contributed by atoms with van der Waals surface area (Å²) in [5, 5.41) is 3.29. The second kappa shape index (κ2) is 5.82. The first-order valence-corrected chi connectivity index (χ1v) is 7.92. The minimum atomic E-state index is 0.142. The number of rotatable bonds is 2. The number of nitrogens with two attached hydrogens (primary N) is 1. The monoisotopic (exact) mass is 266 g/mol. The van der Waals surface area contributed by atoms with Gasteiger partial charge in [0.15, 0.2) is 0 Å². The van der Waals surface area contributed by atoms with Crippen LogP contribution in [0.2, 0.25) is 0 Å². The molecular weight excluding hydrogens is 236 g/mol. The fraction of sp³-hybridized carbons (Fsp3) is 0.938. The second-order valence-corrected chi connectivity index (χ2v) is 7.74. The minimum absolute atomic E-state index is 0.142. The maximum Gasteiger partial charge on any atom is 0.223 e. The summed E-state index contributed by atoms with van der Waals surface area (Å²) in [5.41, 5.74) is 6.43. The lowest BCUT2D eigenvalue weighted by atomic mass is 9.74. The molecule has 4 atom stereocenters. The smallest absolute Gasteiger partial charge is 0.223 e. The SMILES string of the molecule is CC1CC(N)CC(C(=O)NC2CCCC(C)(C)C2)C1. The predicted molar refractivity (Wildman–Crippen MR) is 78.7 cm³/mol. The highest BCUT2D eigenvalue weighted by atomic mass is 16.1. The van der Waals surface area contributed by atoms with Crippen molar-refractivity contribution in [2.45, 2.75) is 77.8 Å². The zero-order valence-corrected chi connectivity index (χ0v) is 12.7. The van der Waals surface area contributed by atoms with Gasteiger partial charge in [0.2, 0.25) is 5.91 Å². The number of amides is 1. The molecule has 2 aliphatic carbocycles. The fourth-order valence-corrected chi connectivity index (χ4v) is 4.01. The molecule has 4 unspecified atom stereocenters. The van der Waals surface area contributed by atoms with Crippen LogP contribution in [-0.4, -0.2) is 18.0 Å². The Kier molecular flexibility index (Phi) is 4.54. The molecule has 0 aromatic carbocycles. The normalized spacial score (nSPS) is 38.7. The number of hydrogen-bond acceptors (Lipinski definition) is 2. The van der Waals surface area contributed by atoms with Crippen LogP contribution in [-0.2, 0) is 4.79 Å². The van der Waals surface area contributed by atoms with Crippen LogP contribution in [0.3, 0.4) is 0 Å².